The third kappa shape index (κ3) is 3.91. The predicted octanol–water partition coefficient (Wildman–Crippen LogP) is 0.935. The van der Waals surface area contributed by atoms with Crippen molar-refractivity contribution in [1.29, 1.82) is 0 Å². The van der Waals surface area contributed by atoms with Crippen molar-refractivity contribution in [3.63, 3.8) is 0 Å². The SMILES string of the molecule is CC(C)(CNCC(N)CO)c1cccs1. The second-order valence-electron chi connectivity index (χ2n) is 4.43. The summed E-state index contributed by atoms with van der Waals surface area (Å²) in [4.78, 5) is 1.37. The normalized spacial score (nSPS) is 14.1. The van der Waals surface area contributed by atoms with Crippen LogP contribution >= 0.6 is 11.3 Å². The van der Waals surface area contributed by atoms with E-state index in [0.717, 1.165) is 6.54 Å². The van der Waals surface area contributed by atoms with Crippen molar-refractivity contribution in [2.24, 2.45) is 5.73 Å². The lowest BCUT2D eigenvalue weighted by atomic mass is 9.91. The molecule has 0 spiro atoms. The predicted molar refractivity (Wildman–Crippen MR) is 65.3 cm³/mol. The Bertz CT molecular complexity index is 272. The summed E-state index contributed by atoms with van der Waals surface area (Å²) < 4.78 is 0. The molecule has 0 aliphatic heterocycles. The van der Waals surface area contributed by atoms with Gasteiger partial charge in [-0.2, -0.15) is 0 Å². The van der Waals surface area contributed by atoms with Crippen LogP contribution in [0.4, 0.5) is 0 Å². The third-order valence-corrected chi connectivity index (χ3v) is 3.63. The molecule has 0 radical (unpaired) electrons. The molecule has 0 aliphatic carbocycles. The summed E-state index contributed by atoms with van der Waals surface area (Å²) in [5, 5.41) is 14.2. The fraction of sp³-hybridized carbons (Fsp3) is 0.636. The topological polar surface area (TPSA) is 58.3 Å². The Morgan fingerprint density at radius 2 is 2.33 bits per heavy atom. The van der Waals surface area contributed by atoms with Gasteiger partial charge in [0, 0.05) is 29.4 Å². The van der Waals surface area contributed by atoms with E-state index < -0.39 is 0 Å². The Labute approximate surface area is 95.3 Å². The van der Waals surface area contributed by atoms with Crippen molar-refractivity contribution in [1.82, 2.24) is 5.32 Å². The molecule has 0 fully saturated rings. The Morgan fingerprint density at radius 1 is 1.60 bits per heavy atom. The van der Waals surface area contributed by atoms with E-state index in [-0.39, 0.29) is 18.1 Å². The van der Waals surface area contributed by atoms with Gasteiger partial charge < -0.3 is 16.2 Å². The van der Waals surface area contributed by atoms with E-state index in [1.807, 2.05) is 0 Å². The van der Waals surface area contributed by atoms with E-state index in [2.05, 4.69) is 36.7 Å². The molecule has 4 heteroatoms. The first kappa shape index (κ1) is 12.6. The Balaban J connectivity index is 2.37. The summed E-state index contributed by atoms with van der Waals surface area (Å²) in [6.45, 7) is 5.98. The molecule has 0 saturated heterocycles. The maximum absolute atomic E-state index is 8.79. The Hall–Kier alpha value is -0.420. The van der Waals surface area contributed by atoms with Gasteiger partial charge in [-0.25, -0.2) is 0 Å². The molecule has 1 heterocycles. The average Bonchev–Trinajstić information content (AvgIpc) is 2.70. The summed E-state index contributed by atoms with van der Waals surface area (Å²) in [5.74, 6) is 0. The van der Waals surface area contributed by atoms with Gasteiger partial charge in [-0.05, 0) is 11.4 Å². The lowest BCUT2D eigenvalue weighted by Crippen LogP contribution is -2.41. The number of aliphatic hydroxyl groups excluding tert-OH is 1. The summed E-state index contributed by atoms with van der Waals surface area (Å²) in [6, 6.07) is 4.06. The minimum absolute atomic E-state index is 0.0342. The summed E-state index contributed by atoms with van der Waals surface area (Å²) in [5.41, 5.74) is 5.74. The number of hydrogen-bond acceptors (Lipinski definition) is 4. The number of thiophene rings is 1. The summed E-state index contributed by atoms with van der Waals surface area (Å²) in [7, 11) is 0. The molecule has 1 unspecified atom stereocenters. The van der Waals surface area contributed by atoms with Crippen LogP contribution in [0.25, 0.3) is 0 Å². The number of nitrogens with one attached hydrogen (secondary N) is 1. The van der Waals surface area contributed by atoms with Crippen LogP contribution in [0.2, 0.25) is 0 Å². The fourth-order valence-corrected chi connectivity index (χ4v) is 2.24. The molecule has 4 N–H and O–H groups in total. The molecule has 1 aromatic heterocycles. The van der Waals surface area contributed by atoms with E-state index >= 15 is 0 Å². The van der Waals surface area contributed by atoms with Gasteiger partial charge in [-0.15, -0.1) is 11.3 Å². The van der Waals surface area contributed by atoms with Crippen molar-refractivity contribution in [3.05, 3.63) is 22.4 Å². The summed E-state index contributed by atoms with van der Waals surface area (Å²) >= 11 is 1.77. The second-order valence-corrected chi connectivity index (χ2v) is 5.38. The number of nitrogens with two attached hydrogens (primary N) is 1. The molecule has 15 heavy (non-hydrogen) atoms. The maximum atomic E-state index is 8.79. The largest absolute Gasteiger partial charge is 0.395 e. The minimum Gasteiger partial charge on any atom is -0.395 e. The van der Waals surface area contributed by atoms with Gasteiger partial charge in [-0.1, -0.05) is 19.9 Å². The molecule has 86 valence electrons. The molecule has 1 atom stereocenters. The first-order chi connectivity index (χ1) is 7.06. The van der Waals surface area contributed by atoms with Crippen LogP contribution in [0.1, 0.15) is 18.7 Å². The van der Waals surface area contributed by atoms with Gasteiger partial charge in [0.2, 0.25) is 0 Å². The molecule has 0 amide bonds. The van der Waals surface area contributed by atoms with E-state index in [1.165, 1.54) is 4.88 Å². The maximum Gasteiger partial charge on any atom is 0.0594 e. The molecule has 0 aromatic carbocycles. The van der Waals surface area contributed by atoms with Crippen LogP contribution in [0.15, 0.2) is 17.5 Å². The molecule has 0 saturated carbocycles. The molecule has 1 aromatic rings. The standard InChI is InChI=1S/C11H20N2OS/c1-11(2,10-4-3-5-15-10)8-13-6-9(12)7-14/h3-5,9,13-14H,6-8,12H2,1-2H3. The van der Waals surface area contributed by atoms with E-state index in [1.54, 1.807) is 11.3 Å². The van der Waals surface area contributed by atoms with E-state index in [0.29, 0.717) is 6.54 Å². The van der Waals surface area contributed by atoms with Gasteiger partial charge >= 0.3 is 0 Å². The monoisotopic (exact) mass is 228 g/mol. The molecular formula is C11H20N2OS. The van der Waals surface area contributed by atoms with Crippen LogP contribution in [0.3, 0.4) is 0 Å². The van der Waals surface area contributed by atoms with Gasteiger partial charge in [0.25, 0.3) is 0 Å². The molecule has 0 aliphatic rings. The highest BCUT2D eigenvalue weighted by atomic mass is 32.1. The molecule has 1 rings (SSSR count). The highest BCUT2D eigenvalue weighted by Crippen LogP contribution is 2.26. The smallest absolute Gasteiger partial charge is 0.0594 e. The lowest BCUT2D eigenvalue weighted by molar-refractivity contribution is 0.260. The first-order valence-electron chi connectivity index (χ1n) is 5.17. The van der Waals surface area contributed by atoms with Crippen LogP contribution in [0, 0.1) is 0 Å². The minimum atomic E-state index is -0.163. The van der Waals surface area contributed by atoms with Gasteiger partial charge in [0.1, 0.15) is 0 Å². The zero-order valence-electron chi connectivity index (χ0n) is 9.36. The first-order valence-corrected chi connectivity index (χ1v) is 6.05. The Morgan fingerprint density at radius 3 is 2.87 bits per heavy atom. The zero-order chi connectivity index (χ0) is 11.3. The Kier molecular flexibility index (Phi) is 4.73. The van der Waals surface area contributed by atoms with Gasteiger partial charge in [-0.3, -0.25) is 0 Å². The van der Waals surface area contributed by atoms with E-state index in [4.69, 9.17) is 10.8 Å². The molecule has 0 bridgehead atoms. The highest BCUT2D eigenvalue weighted by molar-refractivity contribution is 7.10. The van der Waals surface area contributed by atoms with Crippen molar-refractivity contribution in [2.45, 2.75) is 25.3 Å². The number of hydrogen-bond donors (Lipinski definition) is 3. The highest BCUT2D eigenvalue weighted by Gasteiger charge is 2.21. The van der Waals surface area contributed by atoms with Crippen molar-refractivity contribution >= 4 is 11.3 Å². The second kappa shape index (κ2) is 5.61. The fourth-order valence-electron chi connectivity index (χ4n) is 1.39. The van der Waals surface area contributed by atoms with Crippen molar-refractivity contribution in [3.8, 4) is 0 Å². The van der Waals surface area contributed by atoms with Crippen LogP contribution in [-0.2, 0) is 5.41 Å². The average molecular weight is 228 g/mol. The van der Waals surface area contributed by atoms with E-state index in [9.17, 15) is 0 Å². The number of rotatable bonds is 6. The van der Waals surface area contributed by atoms with Crippen molar-refractivity contribution < 1.29 is 5.11 Å². The molecular weight excluding hydrogens is 208 g/mol. The summed E-state index contributed by atoms with van der Waals surface area (Å²) in [6.07, 6.45) is 0. The number of aliphatic hydroxyl groups is 1. The third-order valence-electron chi connectivity index (χ3n) is 2.40. The molecule has 3 nitrogen and oxygen atoms in total. The van der Waals surface area contributed by atoms with Gasteiger partial charge in [0.15, 0.2) is 0 Å². The van der Waals surface area contributed by atoms with Crippen LogP contribution in [0.5, 0.6) is 0 Å². The quantitative estimate of drug-likeness (QED) is 0.679. The van der Waals surface area contributed by atoms with Crippen LogP contribution in [-0.4, -0.2) is 30.8 Å². The zero-order valence-corrected chi connectivity index (χ0v) is 10.2. The van der Waals surface area contributed by atoms with Crippen molar-refractivity contribution in [2.75, 3.05) is 19.7 Å². The van der Waals surface area contributed by atoms with Gasteiger partial charge in [0.05, 0.1) is 6.61 Å². The van der Waals surface area contributed by atoms with Crippen LogP contribution < -0.4 is 11.1 Å². The lowest BCUT2D eigenvalue weighted by Gasteiger charge is -2.24.